The topological polar surface area (TPSA) is 32.5 Å². The number of nitrogens with zero attached hydrogens (tertiary/aromatic N) is 2. The van der Waals surface area contributed by atoms with Gasteiger partial charge in [-0.1, -0.05) is 26.7 Å². The zero-order valence-corrected chi connectivity index (χ0v) is 13.0. The first-order chi connectivity index (χ1) is 9.25. The van der Waals surface area contributed by atoms with Crippen LogP contribution in [0.25, 0.3) is 0 Å². The third-order valence-electron chi connectivity index (χ3n) is 5.47. The van der Waals surface area contributed by atoms with Gasteiger partial charge in [-0.25, -0.2) is 0 Å². The summed E-state index contributed by atoms with van der Waals surface area (Å²) in [7, 11) is 0. The average Bonchev–Trinajstić information content (AvgIpc) is 2.48. The van der Waals surface area contributed by atoms with Crippen LogP contribution in [-0.4, -0.2) is 54.1 Å². The van der Waals surface area contributed by atoms with Crippen molar-refractivity contribution in [3.8, 4) is 0 Å². The predicted molar refractivity (Wildman–Crippen MR) is 82.4 cm³/mol. The number of hydrogen-bond acceptors (Lipinski definition) is 3. The van der Waals surface area contributed by atoms with Crippen LogP contribution in [0, 0.1) is 0 Å². The van der Waals surface area contributed by atoms with Gasteiger partial charge >= 0.3 is 0 Å². The van der Waals surface area contributed by atoms with Crippen LogP contribution < -0.4 is 5.73 Å². The monoisotopic (exact) mass is 267 g/mol. The predicted octanol–water partition coefficient (Wildman–Crippen LogP) is 2.45. The van der Waals surface area contributed by atoms with Crippen LogP contribution in [0.3, 0.4) is 0 Å². The van der Waals surface area contributed by atoms with E-state index < -0.39 is 0 Å². The molecule has 0 radical (unpaired) electrons. The Kier molecular flexibility index (Phi) is 5.67. The Hall–Kier alpha value is -0.120. The van der Waals surface area contributed by atoms with Crippen LogP contribution in [0.2, 0.25) is 0 Å². The van der Waals surface area contributed by atoms with Gasteiger partial charge in [0.15, 0.2) is 0 Å². The average molecular weight is 267 g/mol. The van der Waals surface area contributed by atoms with Crippen LogP contribution >= 0.6 is 0 Å². The maximum atomic E-state index is 6.25. The van der Waals surface area contributed by atoms with E-state index in [0.29, 0.717) is 5.54 Å². The largest absolute Gasteiger partial charge is 0.329 e. The molecule has 19 heavy (non-hydrogen) atoms. The molecule has 0 spiro atoms. The van der Waals surface area contributed by atoms with Crippen molar-refractivity contribution in [1.29, 1.82) is 0 Å². The van der Waals surface area contributed by atoms with E-state index in [1.165, 1.54) is 71.1 Å². The summed E-state index contributed by atoms with van der Waals surface area (Å²) in [6.07, 6.45) is 9.41. The lowest BCUT2D eigenvalue weighted by Gasteiger charge is -2.53. The molecule has 1 unspecified atom stereocenters. The van der Waals surface area contributed by atoms with Gasteiger partial charge in [-0.05, 0) is 58.3 Å². The van der Waals surface area contributed by atoms with E-state index in [-0.39, 0.29) is 0 Å². The third kappa shape index (κ3) is 3.32. The lowest BCUT2D eigenvalue weighted by atomic mass is 9.81. The Morgan fingerprint density at radius 3 is 2.42 bits per heavy atom. The van der Waals surface area contributed by atoms with Crippen molar-refractivity contribution in [3.05, 3.63) is 0 Å². The standard InChI is InChI=1S/C16H33N3/c1-3-7-15-8-5-6-11-19(15)16(14-17)9-12-18(4-2)13-10-16/h15H,3-14,17H2,1-2H3. The smallest absolute Gasteiger partial charge is 0.0358 e. The highest BCUT2D eigenvalue weighted by Gasteiger charge is 2.41. The second kappa shape index (κ2) is 7.05. The summed E-state index contributed by atoms with van der Waals surface area (Å²) in [5.74, 6) is 0. The fraction of sp³-hybridized carbons (Fsp3) is 1.00. The first kappa shape index (κ1) is 15.3. The van der Waals surface area contributed by atoms with Gasteiger partial charge in [-0.2, -0.15) is 0 Å². The normalized spacial score (nSPS) is 29.5. The summed E-state index contributed by atoms with van der Waals surface area (Å²) in [5, 5.41) is 0. The van der Waals surface area contributed by atoms with Crippen molar-refractivity contribution in [3.63, 3.8) is 0 Å². The van der Waals surface area contributed by atoms with E-state index >= 15 is 0 Å². The van der Waals surface area contributed by atoms with Gasteiger partial charge in [0, 0.05) is 18.1 Å². The van der Waals surface area contributed by atoms with Crippen molar-refractivity contribution in [2.45, 2.75) is 70.4 Å². The molecule has 0 saturated carbocycles. The molecule has 1 atom stereocenters. The molecule has 0 aromatic carbocycles. The fourth-order valence-electron chi connectivity index (χ4n) is 4.15. The van der Waals surface area contributed by atoms with E-state index in [1.54, 1.807) is 0 Å². The number of piperidine rings is 2. The quantitative estimate of drug-likeness (QED) is 0.830. The molecule has 3 nitrogen and oxygen atoms in total. The zero-order chi connectivity index (χ0) is 13.7. The summed E-state index contributed by atoms with van der Waals surface area (Å²) >= 11 is 0. The van der Waals surface area contributed by atoms with Gasteiger partial charge in [0.2, 0.25) is 0 Å². The summed E-state index contributed by atoms with van der Waals surface area (Å²) in [6.45, 7) is 10.4. The molecule has 0 aliphatic carbocycles. The summed E-state index contributed by atoms with van der Waals surface area (Å²) in [4.78, 5) is 5.40. The van der Waals surface area contributed by atoms with Gasteiger partial charge in [0.05, 0.1) is 0 Å². The molecule has 2 N–H and O–H groups in total. The van der Waals surface area contributed by atoms with Crippen molar-refractivity contribution in [2.24, 2.45) is 5.73 Å². The van der Waals surface area contributed by atoms with E-state index in [2.05, 4.69) is 23.6 Å². The highest BCUT2D eigenvalue weighted by Crippen LogP contribution is 2.35. The Balaban J connectivity index is 2.06. The minimum absolute atomic E-state index is 0.311. The molecular formula is C16H33N3. The van der Waals surface area contributed by atoms with Crippen LogP contribution in [0.4, 0.5) is 0 Å². The maximum absolute atomic E-state index is 6.25. The maximum Gasteiger partial charge on any atom is 0.0358 e. The summed E-state index contributed by atoms with van der Waals surface area (Å²) in [6, 6.07) is 0.801. The van der Waals surface area contributed by atoms with Crippen molar-refractivity contribution >= 4 is 0 Å². The Bertz CT molecular complexity index is 257. The van der Waals surface area contributed by atoms with Crippen LogP contribution in [0.15, 0.2) is 0 Å². The van der Waals surface area contributed by atoms with Crippen LogP contribution in [-0.2, 0) is 0 Å². The second-order valence-corrected chi connectivity index (χ2v) is 6.49. The Labute approximate surface area is 119 Å². The van der Waals surface area contributed by atoms with Gasteiger partial charge in [-0.3, -0.25) is 4.90 Å². The van der Waals surface area contributed by atoms with Crippen molar-refractivity contribution in [2.75, 3.05) is 32.7 Å². The first-order valence-corrected chi connectivity index (χ1v) is 8.45. The van der Waals surface area contributed by atoms with E-state index in [0.717, 1.165) is 12.6 Å². The minimum atomic E-state index is 0.311. The molecule has 112 valence electrons. The third-order valence-corrected chi connectivity index (χ3v) is 5.47. The van der Waals surface area contributed by atoms with E-state index in [1.807, 2.05) is 0 Å². The molecule has 2 heterocycles. The summed E-state index contributed by atoms with van der Waals surface area (Å²) in [5.41, 5.74) is 6.57. The Morgan fingerprint density at radius 1 is 1.11 bits per heavy atom. The highest BCUT2D eigenvalue weighted by atomic mass is 15.3. The number of hydrogen-bond donors (Lipinski definition) is 1. The van der Waals surface area contributed by atoms with E-state index in [4.69, 9.17) is 5.73 Å². The van der Waals surface area contributed by atoms with Gasteiger partial charge < -0.3 is 10.6 Å². The molecule has 0 aromatic heterocycles. The number of likely N-dealkylation sites (tertiary alicyclic amines) is 2. The molecule has 2 aliphatic heterocycles. The van der Waals surface area contributed by atoms with Crippen molar-refractivity contribution in [1.82, 2.24) is 9.80 Å². The van der Waals surface area contributed by atoms with Crippen LogP contribution in [0.5, 0.6) is 0 Å². The zero-order valence-electron chi connectivity index (χ0n) is 13.0. The van der Waals surface area contributed by atoms with Gasteiger partial charge in [0.25, 0.3) is 0 Å². The molecule has 2 fully saturated rings. The highest BCUT2D eigenvalue weighted by molar-refractivity contribution is 4.99. The lowest BCUT2D eigenvalue weighted by molar-refractivity contribution is -0.0223. The van der Waals surface area contributed by atoms with Gasteiger partial charge in [-0.15, -0.1) is 0 Å². The molecule has 2 saturated heterocycles. The number of nitrogens with two attached hydrogens (primary N) is 1. The molecule has 0 amide bonds. The SMILES string of the molecule is CCCC1CCCCN1C1(CN)CCN(CC)CC1. The fourth-order valence-corrected chi connectivity index (χ4v) is 4.15. The lowest BCUT2D eigenvalue weighted by Crippen LogP contribution is -2.63. The summed E-state index contributed by atoms with van der Waals surface area (Å²) < 4.78 is 0. The second-order valence-electron chi connectivity index (χ2n) is 6.49. The van der Waals surface area contributed by atoms with Gasteiger partial charge in [0.1, 0.15) is 0 Å². The molecule has 2 aliphatic rings. The van der Waals surface area contributed by atoms with Crippen LogP contribution in [0.1, 0.15) is 58.8 Å². The van der Waals surface area contributed by atoms with Crippen molar-refractivity contribution < 1.29 is 0 Å². The Morgan fingerprint density at radius 2 is 1.84 bits per heavy atom. The number of rotatable bonds is 5. The molecule has 2 rings (SSSR count). The molecule has 3 heteroatoms. The minimum Gasteiger partial charge on any atom is -0.329 e. The van der Waals surface area contributed by atoms with E-state index in [9.17, 15) is 0 Å². The molecule has 0 aromatic rings. The molecular weight excluding hydrogens is 234 g/mol. The first-order valence-electron chi connectivity index (χ1n) is 8.45. The molecule has 0 bridgehead atoms.